The predicted octanol–water partition coefficient (Wildman–Crippen LogP) is 5.47. The van der Waals surface area contributed by atoms with Crippen molar-refractivity contribution in [2.45, 2.75) is 76.4 Å². The number of piperazine rings is 1. The number of aliphatic hydroxyl groups is 1. The average molecular weight is 537 g/mol. The Bertz CT molecular complexity index is 1240. The number of hydrogen-bond acceptors (Lipinski definition) is 6. The van der Waals surface area contributed by atoms with E-state index in [9.17, 15) is 18.3 Å². The highest BCUT2D eigenvalue weighted by atomic mass is 35.5. The Kier molecular flexibility index (Phi) is 7.10. The van der Waals surface area contributed by atoms with E-state index in [0.717, 1.165) is 49.8 Å². The van der Waals surface area contributed by atoms with Crippen LogP contribution in [0, 0.1) is 0 Å². The summed E-state index contributed by atoms with van der Waals surface area (Å²) in [6.07, 6.45) is 1.69. The van der Waals surface area contributed by atoms with Crippen LogP contribution in [0.25, 0.3) is 11.2 Å². The zero-order chi connectivity index (χ0) is 26.4. The minimum Gasteiger partial charge on any atom is -0.388 e. The number of halogens is 4. The summed E-state index contributed by atoms with van der Waals surface area (Å²) in [5, 5.41) is 11.0. The van der Waals surface area contributed by atoms with Gasteiger partial charge in [-0.2, -0.15) is 23.1 Å². The van der Waals surface area contributed by atoms with Crippen molar-refractivity contribution in [3.8, 4) is 0 Å². The van der Waals surface area contributed by atoms with Crippen molar-refractivity contribution in [1.82, 2.24) is 24.4 Å². The summed E-state index contributed by atoms with van der Waals surface area (Å²) in [4.78, 5) is 18.1. The normalized spacial score (nSPS) is 21.6. The van der Waals surface area contributed by atoms with Gasteiger partial charge in [-0.05, 0) is 55.5 Å². The quantitative estimate of drug-likeness (QED) is 0.422. The van der Waals surface area contributed by atoms with Crippen LogP contribution in [0.3, 0.4) is 0 Å². The molecule has 3 aromatic rings. The van der Waals surface area contributed by atoms with E-state index in [2.05, 4.69) is 38.6 Å². The maximum absolute atomic E-state index is 13.0. The van der Waals surface area contributed by atoms with E-state index in [1.165, 1.54) is 0 Å². The highest BCUT2D eigenvalue weighted by Gasteiger charge is 2.35. The summed E-state index contributed by atoms with van der Waals surface area (Å²) < 4.78 is 40.9. The van der Waals surface area contributed by atoms with Gasteiger partial charge in [0.15, 0.2) is 17.0 Å². The van der Waals surface area contributed by atoms with Crippen molar-refractivity contribution >= 4 is 28.6 Å². The largest absolute Gasteiger partial charge is 0.416 e. The summed E-state index contributed by atoms with van der Waals surface area (Å²) in [6, 6.07) is 5.59. The van der Waals surface area contributed by atoms with Gasteiger partial charge in [0.25, 0.3) is 0 Å². The molecule has 5 rings (SSSR count). The summed E-state index contributed by atoms with van der Waals surface area (Å²) in [5.74, 6) is 0.668. The molecule has 1 saturated heterocycles. The van der Waals surface area contributed by atoms with Gasteiger partial charge in [0.2, 0.25) is 5.28 Å². The number of aromatic nitrogens is 4. The standard InChI is InChI=1S/C26H32ClF3N6O/c1-3-20(18-6-8-19(9-7-18)26(28,29)30)34-12-13-36(17(2)14-34)23-21-22(32-24(27)33-23)35(16-31-21)15-25(37)10-4-5-11-25/h6-9,16-17,20,37H,3-5,10-15H2,1-2H3. The van der Waals surface area contributed by atoms with E-state index in [-0.39, 0.29) is 17.4 Å². The molecule has 200 valence electrons. The highest BCUT2D eigenvalue weighted by Crippen LogP contribution is 2.35. The molecule has 7 nitrogen and oxygen atoms in total. The fourth-order valence-electron chi connectivity index (χ4n) is 5.91. The number of anilines is 1. The van der Waals surface area contributed by atoms with E-state index in [1.807, 2.05) is 4.57 Å². The average Bonchev–Trinajstić information content (AvgIpc) is 3.45. The number of imidazole rings is 1. The van der Waals surface area contributed by atoms with Crippen LogP contribution in [0.4, 0.5) is 19.0 Å². The molecule has 2 fully saturated rings. The lowest BCUT2D eigenvalue weighted by Gasteiger charge is -2.43. The molecular weight excluding hydrogens is 505 g/mol. The lowest BCUT2D eigenvalue weighted by molar-refractivity contribution is -0.137. The Labute approximate surface area is 219 Å². The first-order valence-corrected chi connectivity index (χ1v) is 13.2. The van der Waals surface area contributed by atoms with Crippen molar-refractivity contribution < 1.29 is 18.3 Å². The third-order valence-corrected chi connectivity index (χ3v) is 7.97. The van der Waals surface area contributed by atoms with E-state index in [4.69, 9.17) is 11.6 Å². The van der Waals surface area contributed by atoms with Crippen molar-refractivity contribution in [2.24, 2.45) is 0 Å². The van der Waals surface area contributed by atoms with E-state index >= 15 is 0 Å². The molecule has 0 spiro atoms. The lowest BCUT2D eigenvalue weighted by atomic mass is 9.99. The van der Waals surface area contributed by atoms with Gasteiger partial charge in [-0.25, -0.2) is 4.98 Å². The molecule has 11 heteroatoms. The van der Waals surface area contributed by atoms with E-state index < -0.39 is 17.3 Å². The molecule has 1 N–H and O–H groups in total. The van der Waals surface area contributed by atoms with Crippen LogP contribution in [0.5, 0.6) is 0 Å². The maximum Gasteiger partial charge on any atom is 0.416 e. The third kappa shape index (κ3) is 5.28. The van der Waals surface area contributed by atoms with Crippen molar-refractivity contribution in [3.63, 3.8) is 0 Å². The summed E-state index contributed by atoms with van der Waals surface area (Å²) >= 11 is 6.35. The number of alkyl halides is 3. The molecule has 1 aromatic carbocycles. The first-order valence-electron chi connectivity index (χ1n) is 12.9. The fourth-order valence-corrected chi connectivity index (χ4v) is 6.07. The van der Waals surface area contributed by atoms with Crippen LogP contribution in [-0.2, 0) is 12.7 Å². The van der Waals surface area contributed by atoms with Gasteiger partial charge >= 0.3 is 6.18 Å². The predicted molar refractivity (Wildman–Crippen MR) is 137 cm³/mol. The zero-order valence-corrected chi connectivity index (χ0v) is 21.8. The van der Waals surface area contributed by atoms with Gasteiger partial charge < -0.3 is 14.6 Å². The number of rotatable bonds is 6. The lowest BCUT2D eigenvalue weighted by Crippen LogP contribution is -2.53. The molecule has 0 amide bonds. The van der Waals surface area contributed by atoms with Gasteiger partial charge in [0.1, 0.15) is 0 Å². The molecule has 0 radical (unpaired) electrons. The second-order valence-corrected chi connectivity index (χ2v) is 10.7. The maximum atomic E-state index is 13.0. The Morgan fingerprint density at radius 1 is 1.14 bits per heavy atom. The molecule has 37 heavy (non-hydrogen) atoms. The first-order chi connectivity index (χ1) is 17.6. The minimum atomic E-state index is -4.34. The molecule has 3 heterocycles. The Morgan fingerprint density at radius 2 is 1.84 bits per heavy atom. The summed E-state index contributed by atoms with van der Waals surface area (Å²) in [6.45, 7) is 6.67. The fraction of sp³-hybridized carbons (Fsp3) is 0.577. The molecular formula is C26H32ClF3N6O. The molecule has 2 atom stereocenters. The van der Waals surface area contributed by atoms with Crippen LogP contribution in [0.1, 0.15) is 63.1 Å². The first kappa shape index (κ1) is 26.2. The van der Waals surface area contributed by atoms with Crippen LogP contribution < -0.4 is 4.90 Å². The molecule has 2 aromatic heterocycles. The van der Waals surface area contributed by atoms with Crippen molar-refractivity contribution in [1.29, 1.82) is 0 Å². The third-order valence-electron chi connectivity index (χ3n) is 7.80. The molecule has 2 aliphatic rings. The Morgan fingerprint density at radius 3 is 2.46 bits per heavy atom. The monoisotopic (exact) mass is 536 g/mol. The van der Waals surface area contributed by atoms with Crippen LogP contribution in [0.2, 0.25) is 5.28 Å². The number of benzene rings is 1. The van der Waals surface area contributed by atoms with Gasteiger partial charge in [0.05, 0.1) is 24.0 Å². The molecule has 2 unspecified atom stereocenters. The van der Waals surface area contributed by atoms with Gasteiger partial charge in [-0.1, -0.05) is 31.9 Å². The summed E-state index contributed by atoms with van der Waals surface area (Å²) in [7, 11) is 0. The number of nitrogens with zero attached hydrogens (tertiary/aromatic N) is 6. The minimum absolute atomic E-state index is 0.0206. The smallest absolute Gasteiger partial charge is 0.388 e. The van der Waals surface area contributed by atoms with Crippen LogP contribution >= 0.6 is 11.6 Å². The molecule has 0 bridgehead atoms. The van der Waals surface area contributed by atoms with Crippen LogP contribution in [-0.4, -0.2) is 60.8 Å². The zero-order valence-electron chi connectivity index (χ0n) is 21.0. The molecule has 1 aliphatic carbocycles. The van der Waals surface area contributed by atoms with Crippen molar-refractivity contribution in [2.75, 3.05) is 24.5 Å². The van der Waals surface area contributed by atoms with Crippen LogP contribution in [0.15, 0.2) is 30.6 Å². The number of hydrogen-bond donors (Lipinski definition) is 1. The summed E-state index contributed by atoms with van der Waals surface area (Å²) in [5.41, 5.74) is 0.764. The molecule has 1 aliphatic heterocycles. The SMILES string of the molecule is CCC(c1ccc(C(F)(F)F)cc1)N1CCN(c2nc(Cl)nc3c2ncn3CC2(O)CCCC2)C(C)C1. The second kappa shape index (κ2) is 10.0. The van der Waals surface area contributed by atoms with Gasteiger partial charge in [0, 0.05) is 31.7 Å². The topological polar surface area (TPSA) is 70.3 Å². The van der Waals surface area contributed by atoms with E-state index in [0.29, 0.717) is 43.2 Å². The van der Waals surface area contributed by atoms with Gasteiger partial charge in [-0.15, -0.1) is 0 Å². The number of fused-ring (bicyclic) bond motifs is 1. The second-order valence-electron chi connectivity index (χ2n) is 10.4. The van der Waals surface area contributed by atoms with E-state index in [1.54, 1.807) is 18.5 Å². The Balaban J connectivity index is 1.36. The molecule has 1 saturated carbocycles. The highest BCUT2D eigenvalue weighted by molar-refractivity contribution is 6.28. The van der Waals surface area contributed by atoms with Gasteiger partial charge in [-0.3, -0.25) is 4.90 Å². The Hall–Kier alpha value is -2.43. The van der Waals surface area contributed by atoms with Crippen molar-refractivity contribution in [3.05, 3.63) is 47.0 Å².